The topological polar surface area (TPSA) is 96.4 Å². The number of carboxylic acids is 1. The highest BCUT2D eigenvalue weighted by Crippen LogP contribution is 2.11. The fourth-order valence-corrected chi connectivity index (χ4v) is 3.56. The molecule has 0 aliphatic rings. The normalized spacial score (nSPS) is 11.5. The number of aryl methyl sites for hydroxylation is 1. The quantitative estimate of drug-likeness (QED) is 0.843. The van der Waals surface area contributed by atoms with Crippen LogP contribution in [0.4, 0.5) is 0 Å². The third-order valence-electron chi connectivity index (χ3n) is 2.67. The van der Waals surface area contributed by atoms with Gasteiger partial charge in [-0.15, -0.1) is 11.3 Å². The summed E-state index contributed by atoms with van der Waals surface area (Å²) in [5.74, 6) is -1.24. The number of benzene rings is 1. The average Bonchev–Trinajstić information content (AvgIpc) is 2.83. The van der Waals surface area contributed by atoms with Crippen molar-refractivity contribution in [1.82, 2.24) is 9.71 Å². The Morgan fingerprint density at radius 2 is 2.00 bits per heavy atom. The van der Waals surface area contributed by atoms with E-state index in [9.17, 15) is 13.2 Å². The summed E-state index contributed by atoms with van der Waals surface area (Å²) in [6.07, 6.45) is 0. The number of sulfonamides is 1. The molecule has 2 rings (SSSR count). The van der Waals surface area contributed by atoms with Crippen LogP contribution in [0.15, 0.2) is 29.6 Å². The summed E-state index contributed by atoms with van der Waals surface area (Å²) in [7, 11) is -3.49. The molecule has 6 nitrogen and oxygen atoms in total. The Morgan fingerprint density at radius 3 is 2.52 bits per heavy atom. The summed E-state index contributed by atoms with van der Waals surface area (Å²) < 4.78 is 26.4. The van der Waals surface area contributed by atoms with E-state index in [1.54, 1.807) is 0 Å². The van der Waals surface area contributed by atoms with Gasteiger partial charge in [0.15, 0.2) is 0 Å². The number of hydrogen-bond donors (Lipinski definition) is 2. The second-order valence-corrected chi connectivity index (χ2v) is 7.21. The first kappa shape index (κ1) is 15.6. The molecule has 0 saturated carbocycles. The van der Waals surface area contributed by atoms with Crippen LogP contribution in [0, 0.1) is 6.92 Å². The van der Waals surface area contributed by atoms with Crippen LogP contribution < -0.4 is 4.72 Å². The van der Waals surface area contributed by atoms with Gasteiger partial charge < -0.3 is 5.11 Å². The number of aromatic nitrogens is 1. The zero-order chi connectivity index (χ0) is 15.5. The largest absolute Gasteiger partial charge is 0.478 e. The lowest BCUT2D eigenvalue weighted by atomic mass is 10.1. The Morgan fingerprint density at radius 1 is 1.33 bits per heavy atom. The molecule has 0 amide bonds. The lowest BCUT2D eigenvalue weighted by Gasteiger charge is -2.05. The first-order valence-electron chi connectivity index (χ1n) is 6.06. The number of nitrogens with one attached hydrogen (secondary N) is 1. The highest BCUT2D eigenvalue weighted by atomic mass is 32.2. The van der Waals surface area contributed by atoms with E-state index < -0.39 is 16.0 Å². The molecule has 1 heterocycles. The molecule has 8 heteroatoms. The van der Waals surface area contributed by atoms with Crippen molar-refractivity contribution in [2.45, 2.75) is 19.2 Å². The van der Waals surface area contributed by atoms with Gasteiger partial charge in [0.05, 0.1) is 17.9 Å². The number of nitrogens with zero attached hydrogens (tertiary/aromatic N) is 1. The van der Waals surface area contributed by atoms with Gasteiger partial charge in [-0.1, -0.05) is 12.1 Å². The fourth-order valence-electron chi connectivity index (χ4n) is 1.67. The van der Waals surface area contributed by atoms with Gasteiger partial charge >= 0.3 is 5.97 Å². The number of carbonyl (C=O) groups is 1. The van der Waals surface area contributed by atoms with Crippen molar-refractivity contribution in [3.05, 3.63) is 51.5 Å². The van der Waals surface area contributed by atoms with Crippen LogP contribution in [0.1, 0.15) is 26.6 Å². The molecule has 0 radical (unpaired) electrons. The van der Waals surface area contributed by atoms with Gasteiger partial charge in [0.25, 0.3) is 0 Å². The van der Waals surface area contributed by atoms with Gasteiger partial charge in [0.2, 0.25) is 10.0 Å². The standard InChI is InChI=1S/C13H14N2O4S2/c1-9-7-20-12(15-9)6-14-21(18,19)8-10-2-4-11(5-3-10)13(16)17/h2-5,7,14H,6,8H2,1H3,(H,16,17). The van der Waals surface area contributed by atoms with Crippen molar-refractivity contribution in [2.24, 2.45) is 0 Å². The molecule has 0 bridgehead atoms. The van der Waals surface area contributed by atoms with E-state index in [-0.39, 0.29) is 17.9 Å². The van der Waals surface area contributed by atoms with Crippen LogP contribution in [-0.4, -0.2) is 24.5 Å². The predicted octanol–water partition coefficient (Wildman–Crippen LogP) is 1.77. The Kier molecular flexibility index (Phi) is 4.71. The molecule has 2 N–H and O–H groups in total. The van der Waals surface area contributed by atoms with E-state index in [2.05, 4.69) is 9.71 Å². The molecule has 0 spiro atoms. The predicted molar refractivity (Wildman–Crippen MR) is 79.7 cm³/mol. The van der Waals surface area contributed by atoms with Gasteiger partial charge in [-0.25, -0.2) is 22.9 Å². The Hall–Kier alpha value is -1.77. The van der Waals surface area contributed by atoms with Crippen molar-refractivity contribution >= 4 is 27.3 Å². The first-order valence-corrected chi connectivity index (χ1v) is 8.59. The maximum atomic E-state index is 11.9. The van der Waals surface area contributed by atoms with Gasteiger partial charge in [-0.05, 0) is 24.6 Å². The molecule has 1 aromatic heterocycles. The second-order valence-electron chi connectivity index (χ2n) is 4.46. The summed E-state index contributed by atoms with van der Waals surface area (Å²) >= 11 is 1.40. The third-order valence-corrected chi connectivity index (χ3v) is 4.93. The Labute approximate surface area is 126 Å². The lowest BCUT2D eigenvalue weighted by Crippen LogP contribution is -2.24. The zero-order valence-corrected chi connectivity index (χ0v) is 12.9. The molecule has 0 fully saturated rings. The molecule has 1 aromatic carbocycles. The molecule has 0 atom stereocenters. The van der Waals surface area contributed by atoms with Gasteiger partial charge in [0.1, 0.15) is 5.01 Å². The molecule has 21 heavy (non-hydrogen) atoms. The molecule has 0 saturated heterocycles. The van der Waals surface area contributed by atoms with Crippen LogP contribution in [0.3, 0.4) is 0 Å². The van der Waals surface area contributed by atoms with Crippen molar-refractivity contribution in [1.29, 1.82) is 0 Å². The average molecular weight is 326 g/mol. The monoisotopic (exact) mass is 326 g/mol. The van der Waals surface area contributed by atoms with E-state index in [4.69, 9.17) is 5.11 Å². The minimum Gasteiger partial charge on any atom is -0.478 e. The molecule has 112 valence electrons. The fraction of sp³-hybridized carbons (Fsp3) is 0.231. The van der Waals surface area contributed by atoms with E-state index in [0.717, 1.165) is 5.69 Å². The maximum Gasteiger partial charge on any atom is 0.335 e. The summed E-state index contributed by atoms with van der Waals surface area (Å²) in [4.78, 5) is 14.9. The van der Waals surface area contributed by atoms with E-state index in [0.29, 0.717) is 10.6 Å². The minimum atomic E-state index is -3.49. The summed E-state index contributed by atoms with van der Waals surface area (Å²) in [6, 6.07) is 5.77. The Bertz CT molecular complexity index is 736. The molecule has 0 aliphatic heterocycles. The van der Waals surface area contributed by atoms with Crippen molar-refractivity contribution in [3.8, 4) is 0 Å². The Balaban J connectivity index is 1.98. The first-order chi connectivity index (χ1) is 9.85. The molecular weight excluding hydrogens is 312 g/mol. The van der Waals surface area contributed by atoms with Crippen LogP contribution in [-0.2, 0) is 22.3 Å². The minimum absolute atomic E-state index is 0.127. The number of thiazole rings is 1. The lowest BCUT2D eigenvalue weighted by molar-refractivity contribution is 0.0697. The third kappa shape index (κ3) is 4.62. The number of hydrogen-bond acceptors (Lipinski definition) is 5. The molecule has 0 aliphatic carbocycles. The van der Waals surface area contributed by atoms with Crippen LogP contribution in [0.2, 0.25) is 0 Å². The van der Waals surface area contributed by atoms with Crippen molar-refractivity contribution < 1.29 is 18.3 Å². The van der Waals surface area contributed by atoms with Crippen molar-refractivity contribution in [3.63, 3.8) is 0 Å². The van der Waals surface area contributed by atoms with E-state index >= 15 is 0 Å². The number of aromatic carboxylic acids is 1. The van der Waals surface area contributed by atoms with Crippen LogP contribution >= 0.6 is 11.3 Å². The molecule has 2 aromatic rings. The van der Waals surface area contributed by atoms with Gasteiger partial charge in [-0.3, -0.25) is 0 Å². The van der Waals surface area contributed by atoms with E-state index in [1.165, 1.54) is 35.6 Å². The van der Waals surface area contributed by atoms with Crippen LogP contribution in [0.5, 0.6) is 0 Å². The summed E-state index contributed by atoms with van der Waals surface area (Å²) in [6.45, 7) is 2.01. The second kappa shape index (κ2) is 6.33. The smallest absolute Gasteiger partial charge is 0.335 e. The maximum absolute atomic E-state index is 11.9. The van der Waals surface area contributed by atoms with Gasteiger partial charge in [-0.2, -0.15) is 0 Å². The number of carboxylic acid groups (broad SMARTS) is 1. The zero-order valence-electron chi connectivity index (χ0n) is 11.2. The van der Waals surface area contributed by atoms with E-state index in [1.807, 2.05) is 12.3 Å². The highest BCUT2D eigenvalue weighted by Gasteiger charge is 2.13. The molecular formula is C13H14N2O4S2. The molecule has 0 unspecified atom stereocenters. The summed E-state index contributed by atoms with van der Waals surface area (Å²) in [5, 5.41) is 11.3. The van der Waals surface area contributed by atoms with Crippen molar-refractivity contribution in [2.75, 3.05) is 0 Å². The highest BCUT2D eigenvalue weighted by molar-refractivity contribution is 7.88. The van der Waals surface area contributed by atoms with Gasteiger partial charge in [0, 0.05) is 11.1 Å². The van der Waals surface area contributed by atoms with Crippen LogP contribution in [0.25, 0.3) is 0 Å². The number of rotatable bonds is 6. The summed E-state index contributed by atoms with van der Waals surface area (Å²) in [5.41, 5.74) is 1.52. The SMILES string of the molecule is Cc1csc(CNS(=O)(=O)Cc2ccc(C(=O)O)cc2)n1.